The quantitative estimate of drug-likeness (QED) is 0.844. The molecule has 0 atom stereocenters. The van der Waals surface area contributed by atoms with Crippen LogP contribution in [0.15, 0.2) is 35.1 Å². The first-order valence-corrected chi connectivity index (χ1v) is 6.68. The number of hydrogen-bond donors (Lipinski definition) is 2. The van der Waals surface area contributed by atoms with Gasteiger partial charge in [-0.2, -0.15) is 0 Å². The van der Waals surface area contributed by atoms with E-state index < -0.39 is 0 Å². The molecule has 0 aliphatic rings. The van der Waals surface area contributed by atoms with Crippen molar-refractivity contribution in [3.63, 3.8) is 0 Å². The van der Waals surface area contributed by atoms with Gasteiger partial charge in [-0.05, 0) is 24.1 Å². The molecule has 5 heteroatoms. The fraction of sp³-hybridized carbons (Fsp3) is 0.333. The molecule has 20 heavy (non-hydrogen) atoms. The summed E-state index contributed by atoms with van der Waals surface area (Å²) in [6.45, 7) is 2.69. The van der Waals surface area contributed by atoms with Crippen LogP contribution in [0.4, 0.5) is 5.82 Å². The lowest BCUT2D eigenvalue weighted by Gasteiger charge is -2.07. The van der Waals surface area contributed by atoms with Crippen LogP contribution >= 0.6 is 0 Å². The van der Waals surface area contributed by atoms with E-state index in [9.17, 15) is 4.79 Å². The van der Waals surface area contributed by atoms with E-state index in [1.54, 1.807) is 7.11 Å². The summed E-state index contributed by atoms with van der Waals surface area (Å²) in [5.41, 5.74) is 1.09. The van der Waals surface area contributed by atoms with Gasteiger partial charge in [-0.3, -0.25) is 4.79 Å². The molecule has 2 N–H and O–H groups in total. The molecule has 0 bridgehead atoms. The van der Waals surface area contributed by atoms with Crippen molar-refractivity contribution in [1.29, 1.82) is 0 Å². The highest BCUT2D eigenvalue weighted by molar-refractivity contribution is 5.34. The van der Waals surface area contributed by atoms with Gasteiger partial charge in [-0.15, -0.1) is 0 Å². The van der Waals surface area contributed by atoms with Crippen molar-refractivity contribution < 1.29 is 4.74 Å². The number of methoxy groups -OCH3 is 1. The molecule has 0 unspecified atom stereocenters. The number of anilines is 1. The minimum Gasteiger partial charge on any atom is -0.497 e. The normalized spacial score (nSPS) is 10.3. The van der Waals surface area contributed by atoms with Crippen molar-refractivity contribution in [3.05, 3.63) is 52.1 Å². The number of rotatable bonds is 6. The molecule has 5 nitrogen and oxygen atoms in total. The predicted molar refractivity (Wildman–Crippen MR) is 79.4 cm³/mol. The molecule has 1 heterocycles. The van der Waals surface area contributed by atoms with Crippen LogP contribution in [0.3, 0.4) is 0 Å². The molecule has 2 aromatic rings. The molecule has 0 amide bonds. The molecule has 0 saturated heterocycles. The van der Waals surface area contributed by atoms with Gasteiger partial charge in [-0.1, -0.05) is 19.1 Å². The molecule has 106 valence electrons. The van der Waals surface area contributed by atoms with Crippen molar-refractivity contribution in [2.24, 2.45) is 0 Å². The van der Waals surface area contributed by atoms with Crippen LogP contribution in [-0.2, 0) is 12.8 Å². The first kappa shape index (κ1) is 14.1. The number of nitrogens with one attached hydrogen (secondary N) is 2. The Balaban J connectivity index is 1.92. The highest BCUT2D eigenvalue weighted by Crippen LogP contribution is 2.11. The highest BCUT2D eigenvalue weighted by atomic mass is 16.5. The van der Waals surface area contributed by atoms with Crippen LogP contribution < -0.4 is 15.6 Å². The van der Waals surface area contributed by atoms with E-state index in [4.69, 9.17) is 4.74 Å². The Labute approximate surface area is 118 Å². The Morgan fingerprint density at radius 3 is 2.70 bits per heavy atom. The van der Waals surface area contributed by atoms with Gasteiger partial charge in [0.1, 0.15) is 17.4 Å². The fourth-order valence-electron chi connectivity index (χ4n) is 1.89. The van der Waals surface area contributed by atoms with Crippen LogP contribution in [0, 0.1) is 0 Å². The van der Waals surface area contributed by atoms with Gasteiger partial charge in [0.15, 0.2) is 0 Å². The Hall–Kier alpha value is -2.30. The molecule has 0 aliphatic carbocycles. The minimum absolute atomic E-state index is 0.121. The maximum atomic E-state index is 11.4. The Morgan fingerprint density at radius 2 is 2.05 bits per heavy atom. The molecule has 0 radical (unpaired) electrons. The van der Waals surface area contributed by atoms with E-state index in [0.29, 0.717) is 18.1 Å². The summed E-state index contributed by atoms with van der Waals surface area (Å²) in [4.78, 5) is 18.4. The minimum atomic E-state index is -0.121. The second kappa shape index (κ2) is 6.75. The topological polar surface area (TPSA) is 67.0 Å². The average Bonchev–Trinajstić information content (AvgIpc) is 2.47. The van der Waals surface area contributed by atoms with E-state index in [0.717, 1.165) is 18.7 Å². The van der Waals surface area contributed by atoms with Gasteiger partial charge < -0.3 is 15.0 Å². The van der Waals surface area contributed by atoms with Crippen molar-refractivity contribution in [3.8, 4) is 5.75 Å². The number of aromatic nitrogens is 2. The molecule has 1 aromatic carbocycles. The van der Waals surface area contributed by atoms with Gasteiger partial charge in [0, 0.05) is 19.0 Å². The van der Waals surface area contributed by atoms with Gasteiger partial charge in [-0.25, -0.2) is 4.98 Å². The van der Waals surface area contributed by atoms with Crippen molar-refractivity contribution in [1.82, 2.24) is 9.97 Å². The molecular formula is C15H19N3O2. The van der Waals surface area contributed by atoms with Crippen molar-refractivity contribution in [2.75, 3.05) is 19.0 Å². The van der Waals surface area contributed by atoms with Crippen LogP contribution in [-0.4, -0.2) is 23.6 Å². The number of benzene rings is 1. The third-order valence-corrected chi connectivity index (χ3v) is 3.00. The third-order valence-electron chi connectivity index (χ3n) is 3.00. The highest BCUT2D eigenvalue weighted by Gasteiger charge is 2.00. The lowest BCUT2D eigenvalue weighted by Crippen LogP contribution is -2.14. The number of aryl methyl sites for hydroxylation is 1. The summed E-state index contributed by atoms with van der Waals surface area (Å²) in [5.74, 6) is 2.18. The SMILES string of the molecule is CCc1nc(NCCc2ccc(OC)cc2)cc(=O)[nH]1. The van der Waals surface area contributed by atoms with Gasteiger partial charge in [0.2, 0.25) is 0 Å². The second-order valence-corrected chi connectivity index (χ2v) is 4.46. The Kier molecular flexibility index (Phi) is 4.76. The third kappa shape index (κ3) is 3.85. The smallest absolute Gasteiger partial charge is 0.252 e. The van der Waals surface area contributed by atoms with Gasteiger partial charge in [0.25, 0.3) is 5.56 Å². The number of hydrogen-bond acceptors (Lipinski definition) is 4. The largest absolute Gasteiger partial charge is 0.497 e. The molecule has 1 aromatic heterocycles. The molecule has 2 rings (SSSR count). The van der Waals surface area contributed by atoms with Crippen molar-refractivity contribution in [2.45, 2.75) is 19.8 Å². The maximum Gasteiger partial charge on any atom is 0.252 e. The van der Waals surface area contributed by atoms with Gasteiger partial charge >= 0.3 is 0 Å². The summed E-state index contributed by atoms with van der Waals surface area (Å²) in [7, 11) is 1.65. The molecule has 0 saturated carbocycles. The van der Waals surface area contributed by atoms with Crippen LogP contribution in [0.2, 0.25) is 0 Å². The predicted octanol–water partition coefficient (Wildman–Crippen LogP) is 2.00. The zero-order chi connectivity index (χ0) is 14.4. The van der Waals surface area contributed by atoms with Crippen LogP contribution in [0.1, 0.15) is 18.3 Å². The van der Waals surface area contributed by atoms with Crippen LogP contribution in [0.5, 0.6) is 5.75 Å². The summed E-state index contributed by atoms with van der Waals surface area (Å²) < 4.78 is 5.12. The molecule has 0 fully saturated rings. The zero-order valence-corrected chi connectivity index (χ0v) is 11.8. The van der Waals surface area contributed by atoms with E-state index >= 15 is 0 Å². The second-order valence-electron chi connectivity index (χ2n) is 4.46. The van der Waals surface area contributed by atoms with Gasteiger partial charge in [0.05, 0.1) is 7.11 Å². The number of nitrogens with zero attached hydrogens (tertiary/aromatic N) is 1. The van der Waals surface area contributed by atoms with Crippen molar-refractivity contribution >= 4 is 5.82 Å². The molecule has 0 aliphatic heterocycles. The zero-order valence-electron chi connectivity index (χ0n) is 11.8. The number of aromatic amines is 1. The van der Waals surface area contributed by atoms with E-state index in [2.05, 4.69) is 15.3 Å². The average molecular weight is 273 g/mol. The van der Waals surface area contributed by atoms with E-state index in [1.807, 2.05) is 31.2 Å². The summed E-state index contributed by atoms with van der Waals surface area (Å²) in [6, 6.07) is 9.42. The standard InChI is InChI=1S/C15H19N3O2/c1-3-13-17-14(10-15(19)18-13)16-9-8-11-4-6-12(20-2)7-5-11/h4-7,10H,3,8-9H2,1-2H3,(H2,16,17,18,19). The molecular weight excluding hydrogens is 254 g/mol. The maximum absolute atomic E-state index is 11.4. The first-order valence-electron chi connectivity index (χ1n) is 6.68. The van der Waals surface area contributed by atoms with E-state index in [-0.39, 0.29) is 5.56 Å². The van der Waals surface area contributed by atoms with E-state index in [1.165, 1.54) is 11.6 Å². The summed E-state index contributed by atoms with van der Waals surface area (Å²) in [5, 5.41) is 3.17. The Morgan fingerprint density at radius 1 is 1.30 bits per heavy atom. The first-order chi connectivity index (χ1) is 9.71. The summed E-state index contributed by atoms with van der Waals surface area (Å²) >= 11 is 0. The molecule has 0 spiro atoms. The monoisotopic (exact) mass is 273 g/mol. The fourth-order valence-corrected chi connectivity index (χ4v) is 1.89. The summed E-state index contributed by atoms with van der Waals surface area (Å²) in [6.07, 6.45) is 1.57. The number of H-pyrrole nitrogens is 1. The lowest BCUT2D eigenvalue weighted by molar-refractivity contribution is 0.414. The lowest BCUT2D eigenvalue weighted by atomic mass is 10.1. The number of ether oxygens (including phenoxy) is 1. The van der Waals surface area contributed by atoms with Crippen LogP contribution in [0.25, 0.3) is 0 Å². The Bertz CT molecular complexity index is 605.